The van der Waals surface area contributed by atoms with Crippen molar-refractivity contribution in [1.82, 2.24) is 15.1 Å². The molecule has 0 bridgehead atoms. The van der Waals surface area contributed by atoms with Crippen LogP contribution in [-0.2, 0) is 14.3 Å². The molecule has 2 aromatic heterocycles. The highest BCUT2D eigenvalue weighted by Crippen LogP contribution is 2.38. The van der Waals surface area contributed by atoms with E-state index in [0.717, 1.165) is 26.7 Å². The van der Waals surface area contributed by atoms with Crippen LogP contribution in [0.25, 0.3) is 31.4 Å². The number of thiophene rings is 1. The second-order valence-corrected chi connectivity index (χ2v) is 7.95. The van der Waals surface area contributed by atoms with Gasteiger partial charge in [-0.05, 0) is 29.7 Å². The Morgan fingerprint density at radius 3 is 2.76 bits per heavy atom. The van der Waals surface area contributed by atoms with Crippen LogP contribution < -0.4 is 5.32 Å². The number of carbonyl (C=O) groups is 2. The first-order valence-electron chi connectivity index (χ1n) is 9.33. The number of amides is 2. The van der Waals surface area contributed by atoms with E-state index < -0.39 is 11.8 Å². The number of hydrogen-bond acceptors (Lipinski definition) is 5. The number of nitrogens with one attached hydrogen (secondary N) is 2. The van der Waals surface area contributed by atoms with Crippen molar-refractivity contribution in [1.29, 1.82) is 0 Å². The predicted molar refractivity (Wildman–Crippen MR) is 113 cm³/mol. The SMILES string of the molecule is O=C(Nc1cc(-c2cc3ccccc3s2)c2[nH]ncc2c1)C(=O)N1CCOCC1. The summed E-state index contributed by atoms with van der Waals surface area (Å²) in [7, 11) is 0. The van der Waals surface area contributed by atoms with E-state index in [1.165, 1.54) is 9.60 Å². The molecule has 1 fully saturated rings. The van der Waals surface area contributed by atoms with Crippen molar-refractivity contribution in [2.24, 2.45) is 0 Å². The van der Waals surface area contributed by atoms with Crippen molar-refractivity contribution in [3.8, 4) is 10.4 Å². The Morgan fingerprint density at radius 2 is 1.93 bits per heavy atom. The molecule has 5 rings (SSSR count). The number of rotatable bonds is 2. The zero-order chi connectivity index (χ0) is 19.8. The van der Waals surface area contributed by atoms with Crippen LogP contribution in [-0.4, -0.2) is 53.2 Å². The topological polar surface area (TPSA) is 87.3 Å². The quantitative estimate of drug-likeness (QED) is 0.500. The van der Waals surface area contributed by atoms with Gasteiger partial charge in [0.2, 0.25) is 0 Å². The van der Waals surface area contributed by atoms with E-state index in [1.807, 2.05) is 24.3 Å². The first kappa shape index (κ1) is 17.8. The molecule has 3 heterocycles. The lowest BCUT2D eigenvalue weighted by atomic mass is 10.1. The number of nitrogens with zero attached hydrogens (tertiary/aromatic N) is 2. The second kappa shape index (κ2) is 7.31. The maximum atomic E-state index is 12.5. The van der Waals surface area contributed by atoms with Crippen LogP contribution in [0.4, 0.5) is 5.69 Å². The molecule has 29 heavy (non-hydrogen) atoms. The molecule has 7 nitrogen and oxygen atoms in total. The van der Waals surface area contributed by atoms with Crippen molar-refractivity contribution in [2.75, 3.05) is 31.6 Å². The molecule has 4 aromatic rings. The van der Waals surface area contributed by atoms with Gasteiger partial charge in [-0.25, -0.2) is 0 Å². The van der Waals surface area contributed by atoms with E-state index in [9.17, 15) is 9.59 Å². The van der Waals surface area contributed by atoms with Crippen LogP contribution in [0, 0.1) is 0 Å². The molecule has 0 aliphatic carbocycles. The zero-order valence-corrected chi connectivity index (χ0v) is 16.3. The fraction of sp³-hybridized carbons (Fsp3) is 0.190. The summed E-state index contributed by atoms with van der Waals surface area (Å²) in [6.07, 6.45) is 1.71. The van der Waals surface area contributed by atoms with Gasteiger partial charge in [0.1, 0.15) is 0 Å². The highest BCUT2D eigenvalue weighted by molar-refractivity contribution is 7.22. The van der Waals surface area contributed by atoms with Crippen molar-refractivity contribution < 1.29 is 14.3 Å². The summed E-state index contributed by atoms with van der Waals surface area (Å²) in [5.41, 5.74) is 2.40. The third-order valence-electron chi connectivity index (χ3n) is 4.99. The first-order chi connectivity index (χ1) is 14.2. The normalized spacial score (nSPS) is 14.4. The average molecular weight is 406 g/mol. The highest BCUT2D eigenvalue weighted by Gasteiger charge is 2.24. The molecule has 0 radical (unpaired) electrons. The zero-order valence-electron chi connectivity index (χ0n) is 15.5. The van der Waals surface area contributed by atoms with Crippen LogP contribution in [0.3, 0.4) is 0 Å². The minimum atomic E-state index is -0.642. The average Bonchev–Trinajstić information content (AvgIpc) is 3.40. The predicted octanol–water partition coefficient (Wildman–Crippen LogP) is 3.24. The summed E-state index contributed by atoms with van der Waals surface area (Å²) in [6, 6.07) is 14.0. The van der Waals surface area contributed by atoms with Crippen LogP contribution in [0.2, 0.25) is 0 Å². The molecule has 0 atom stereocenters. The van der Waals surface area contributed by atoms with E-state index in [2.05, 4.69) is 33.7 Å². The summed E-state index contributed by atoms with van der Waals surface area (Å²) in [6.45, 7) is 1.77. The molecule has 2 amide bonds. The third-order valence-corrected chi connectivity index (χ3v) is 6.14. The lowest BCUT2D eigenvalue weighted by Gasteiger charge is -2.26. The number of carbonyl (C=O) groups excluding carboxylic acids is 2. The van der Waals surface area contributed by atoms with Crippen LogP contribution >= 0.6 is 11.3 Å². The fourth-order valence-corrected chi connectivity index (χ4v) is 4.62. The van der Waals surface area contributed by atoms with Crippen molar-refractivity contribution in [3.05, 3.63) is 48.7 Å². The number of morpholine rings is 1. The van der Waals surface area contributed by atoms with Gasteiger partial charge < -0.3 is 15.0 Å². The second-order valence-electron chi connectivity index (χ2n) is 6.87. The van der Waals surface area contributed by atoms with Crippen LogP contribution in [0.5, 0.6) is 0 Å². The Balaban J connectivity index is 1.49. The highest BCUT2D eigenvalue weighted by atomic mass is 32.1. The number of aromatic amines is 1. The molecule has 0 unspecified atom stereocenters. The summed E-state index contributed by atoms with van der Waals surface area (Å²) in [5.74, 6) is -1.18. The summed E-state index contributed by atoms with van der Waals surface area (Å²) >= 11 is 1.68. The Labute approximate surface area is 170 Å². The summed E-state index contributed by atoms with van der Waals surface area (Å²) in [5, 5.41) is 12.0. The number of fused-ring (bicyclic) bond motifs is 2. The summed E-state index contributed by atoms with van der Waals surface area (Å²) in [4.78, 5) is 27.5. The number of H-pyrrole nitrogens is 1. The van der Waals surface area contributed by atoms with E-state index in [1.54, 1.807) is 17.5 Å². The van der Waals surface area contributed by atoms with Crippen molar-refractivity contribution in [3.63, 3.8) is 0 Å². The maximum Gasteiger partial charge on any atom is 0.313 e. The molecule has 0 saturated carbocycles. The minimum Gasteiger partial charge on any atom is -0.378 e. The van der Waals surface area contributed by atoms with Gasteiger partial charge in [0, 0.05) is 39.3 Å². The molecule has 8 heteroatoms. The van der Waals surface area contributed by atoms with Gasteiger partial charge in [-0.2, -0.15) is 5.10 Å². The van der Waals surface area contributed by atoms with Gasteiger partial charge >= 0.3 is 11.8 Å². The number of aromatic nitrogens is 2. The van der Waals surface area contributed by atoms with Crippen molar-refractivity contribution in [2.45, 2.75) is 0 Å². The molecule has 2 aromatic carbocycles. The molecule has 1 aliphatic rings. The molecule has 0 spiro atoms. The lowest BCUT2D eigenvalue weighted by Crippen LogP contribution is -2.45. The molecule has 2 N–H and O–H groups in total. The fourth-order valence-electron chi connectivity index (χ4n) is 3.53. The van der Waals surface area contributed by atoms with Crippen molar-refractivity contribution >= 4 is 49.8 Å². The van der Waals surface area contributed by atoms with E-state index in [-0.39, 0.29) is 0 Å². The van der Waals surface area contributed by atoms with E-state index in [4.69, 9.17) is 4.74 Å². The smallest absolute Gasteiger partial charge is 0.313 e. The molecular formula is C21H18N4O3S. The van der Waals surface area contributed by atoms with Crippen LogP contribution in [0.15, 0.2) is 48.7 Å². The largest absolute Gasteiger partial charge is 0.378 e. The van der Waals surface area contributed by atoms with Gasteiger partial charge in [0.15, 0.2) is 0 Å². The lowest BCUT2D eigenvalue weighted by molar-refractivity contribution is -0.145. The Bertz CT molecular complexity index is 1190. The number of benzene rings is 2. The molecular weight excluding hydrogens is 388 g/mol. The molecule has 1 aliphatic heterocycles. The Kier molecular flexibility index (Phi) is 4.49. The van der Waals surface area contributed by atoms with Gasteiger partial charge in [0.25, 0.3) is 0 Å². The Morgan fingerprint density at radius 1 is 1.10 bits per heavy atom. The number of hydrogen-bond donors (Lipinski definition) is 2. The van der Waals surface area contributed by atoms with E-state index >= 15 is 0 Å². The summed E-state index contributed by atoms with van der Waals surface area (Å²) < 4.78 is 6.43. The maximum absolute atomic E-state index is 12.5. The van der Waals surface area contributed by atoms with Crippen LogP contribution in [0.1, 0.15) is 0 Å². The molecule has 146 valence electrons. The first-order valence-corrected chi connectivity index (χ1v) is 10.1. The van der Waals surface area contributed by atoms with E-state index in [0.29, 0.717) is 32.0 Å². The third kappa shape index (κ3) is 3.37. The van der Waals surface area contributed by atoms with Gasteiger partial charge in [-0.15, -0.1) is 11.3 Å². The standard InChI is InChI=1S/C21H18N4O3S/c26-20(21(27)25-5-7-28-8-6-25)23-15-9-14-12-22-24-19(14)16(11-15)18-10-13-3-1-2-4-17(13)29-18/h1-4,9-12H,5-8H2,(H,22,24)(H,23,26). The van der Waals surface area contributed by atoms with Gasteiger partial charge in [0.05, 0.1) is 24.9 Å². The number of ether oxygens (including phenoxy) is 1. The Hall–Kier alpha value is -3.23. The molecule has 1 saturated heterocycles. The monoisotopic (exact) mass is 406 g/mol. The van der Waals surface area contributed by atoms with Gasteiger partial charge in [-0.3, -0.25) is 14.7 Å². The van der Waals surface area contributed by atoms with Gasteiger partial charge in [-0.1, -0.05) is 18.2 Å². The minimum absolute atomic E-state index is 0.431. The number of anilines is 1.